The average Bonchev–Trinajstić information content (AvgIpc) is 3.18. The van der Waals surface area contributed by atoms with Crippen LogP contribution in [0.2, 0.25) is 5.02 Å². The molecule has 0 atom stereocenters. The van der Waals surface area contributed by atoms with Gasteiger partial charge in [0.25, 0.3) is 0 Å². The Balaban J connectivity index is 1.56. The lowest BCUT2D eigenvalue weighted by atomic mass is 10.1. The summed E-state index contributed by atoms with van der Waals surface area (Å²) in [5.41, 5.74) is 4.37. The summed E-state index contributed by atoms with van der Waals surface area (Å²) in [5.74, 6) is 0.245. The van der Waals surface area contributed by atoms with Crippen LogP contribution in [-0.4, -0.2) is 26.4 Å². The number of hydrogen-bond acceptors (Lipinski definition) is 4. The van der Waals surface area contributed by atoms with Gasteiger partial charge in [-0.25, -0.2) is 4.39 Å². The number of hydrogen-bond donors (Lipinski definition) is 1. The summed E-state index contributed by atoms with van der Waals surface area (Å²) >= 11 is 7.61. The van der Waals surface area contributed by atoms with Gasteiger partial charge in [-0.05, 0) is 60.9 Å². The molecule has 4 rings (SSSR count). The lowest BCUT2D eigenvalue weighted by Gasteiger charge is -2.12. The van der Waals surface area contributed by atoms with Gasteiger partial charge < -0.3 is 5.32 Å². The fraction of sp³-hybridized carbons (Fsp3) is 0.160. The predicted octanol–water partition coefficient (Wildman–Crippen LogP) is 6.13. The molecule has 1 aromatic heterocycles. The van der Waals surface area contributed by atoms with Gasteiger partial charge >= 0.3 is 0 Å². The Morgan fingerprint density at radius 2 is 1.79 bits per heavy atom. The fourth-order valence-electron chi connectivity index (χ4n) is 3.50. The Hall–Kier alpha value is -3.16. The van der Waals surface area contributed by atoms with Gasteiger partial charge in [0.15, 0.2) is 11.0 Å². The minimum Gasteiger partial charge on any atom is -0.324 e. The highest BCUT2D eigenvalue weighted by atomic mass is 35.5. The highest BCUT2D eigenvalue weighted by Gasteiger charge is 2.17. The Morgan fingerprint density at radius 1 is 1.06 bits per heavy atom. The molecule has 0 saturated heterocycles. The third-order valence-electron chi connectivity index (χ3n) is 5.03. The molecule has 0 fully saturated rings. The topological polar surface area (TPSA) is 59.8 Å². The molecule has 3 aromatic carbocycles. The zero-order chi connectivity index (χ0) is 23.4. The first-order valence-corrected chi connectivity index (χ1v) is 11.7. The van der Waals surface area contributed by atoms with E-state index in [1.54, 1.807) is 12.1 Å². The smallest absolute Gasteiger partial charge is 0.234 e. The first-order valence-electron chi connectivity index (χ1n) is 10.3. The molecule has 0 bridgehead atoms. The van der Waals surface area contributed by atoms with E-state index in [0.29, 0.717) is 28.2 Å². The number of halogens is 2. The molecule has 33 heavy (non-hydrogen) atoms. The number of rotatable bonds is 7. The van der Waals surface area contributed by atoms with Crippen LogP contribution in [0.1, 0.15) is 16.7 Å². The van der Waals surface area contributed by atoms with Crippen LogP contribution in [0.4, 0.5) is 10.1 Å². The molecule has 0 radical (unpaired) electrons. The number of carbonyl (C=O) groups excluding carboxylic acids is 1. The molecule has 1 amide bonds. The SMILES string of the molecule is Cc1cc(C)c(NC(=O)CSc2nnc(-c3ccc(F)cc3)n2Cc2ccccc2)c(Cl)c1. The van der Waals surface area contributed by atoms with Crippen molar-refractivity contribution in [2.45, 2.75) is 25.5 Å². The van der Waals surface area contributed by atoms with Gasteiger partial charge in [0.2, 0.25) is 5.91 Å². The molecule has 0 aliphatic carbocycles. The number of carbonyl (C=O) groups is 1. The van der Waals surface area contributed by atoms with E-state index in [-0.39, 0.29) is 17.5 Å². The van der Waals surface area contributed by atoms with Gasteiger partial charge in [0, 0.05) is 5.56 Å². The molecule has 0 aliphatic heterocycles. The highest BCUT2D eigenvalue weighted by molar-refractivity contribution is 7.99. The van der Waals surface area contributed by atoms with Crippen LogP contribution in [0.3, 0.4) is 0 Å². The normalized spacial score (nSPS) is 10.9. The first-order chi connectivity index (χ1) is 15.9. The molecule has 168 valence electrons. The van der Waals surface area contributed by atoms with Crippen molar-refractivity contribution in [3.8, 4) is 11.4 Å². The average molecular weight is 481 g/mol. The van der Waals surface area contributed by atoms with E-state index in [1.807, 2.05) is 60.9 Å². The largest absolute Gasteiger partial charge is 0.324 e. The summed E-state index contributed by atoms with van der Waals surface area (Å²) in [5, 5.41) is 12.6. The molecule has 0 aliphatic rings. The summed E-state index contributed by atoms with van der Waals surface area (Å²) in [4.78, 5) is 12.7. The van der Waals surface area contributed by atoms with Crippen molar-refractivity contribution in [1.82, 2.24) is 14.8 Å². The van der Waals surface area contributed by atoms with Crippen molar-refractivity contribution in [1.29, 1.82) is 0 Å². The van der Waals surface area contributed by atoms with Gasteiger partial charge in [-0.3, -0.25) is 9.36 Å². The standard InChI is InChI=1S/C25H22ClFN4OS/c1-16-12-17(2)23(21(26)13-16)28-22(32)15-33-25-30-29-24(19-8-10-20(27)11-9-19)31(25)14-18-6-4-3-5-7-18/h3-13H,14-15H2,1-2H3,(H,28,32). The minimum atomic E-state index is -0.316. The van der Waals surface area contributed by atoms with Gasteiger partial charge in [-0.1, -0.05) is 59.8 Å². The maximum Gasteiger partial charge on any atom is 0.234 e. The van der Waals surface area contributed by atoms with E-state index >= 15 is 0 Å². The highest BCUT2D eigenvalue weighted by Crippen LogP contribution is 2.29. The van der Waals surface area contributed by atoms with Crippen LogP contribution < -0.4 is 5.32 Å². The molecule has 5 nitrogen and oxygen atoms in total. The second kappa shape index (κ2) is 10.2. The molecular formula is C25H22ClFN4OS. The van der Waals surface area contributed by atoms with Crippen molar-refractivity contribution in [3.05, 3.63) is 94.3 Å². The van der Waals surface area contributed by atoms with Gasteiger partial charge in [0.1, 0.15) is 5.82 Å². The third-order valence-corrected chi connectivity index (χ3v) is 6.30. The van der Waals surface area contributed by atoms with E-state index in [2.05, 4.69) is 15.5 Å². The minimum absolute atomic E-state index is 0.139. The summed E-state index contributed by atoms with van der Waals surface area (Å²) in [7, 11) is 0. The van der Waals surface area contributed by atoms with E-state index in [0.717, 1.165) is 22.3 Å². The summed E-state index contributed by atoms with van der Waals surface area (Å²) in [6.07, 6.45) is 0. The molecule has 1 heterocycles. The number of amides is 1. The molecule has 0 saturated carbocycles. The maximum absolute atomic E-state index is 13.4. The Labute approximate surface area is 201 Å². The van der Waals surface area contributed by atoms with Crippen LogP contribution in [0.15, 0.2) is 71.9 Å². The van der Waals surface area contributed by atoms with Crippen molar-refractivity contribution in [3.63, 3.8) is 0 Å². The Morgan fingerprint density at radius 3 is 2.48 bits per heavy atom. The molecule has 4 aromatic rings. The van der Waals surface area contributed by atoms with Crippen molar-refractivity contribution >= 4 is 35.0 Å². The lowest BCUT2D eigenvalue weighted by Crippen LogP contribution is -2.16. The van der Waals surface area contributed by atoms with E-state index in [1.165, 1.54) is 23.9 Å². The van der Waals surface area contributed by atoms with Gasteiger partial charge in [-0.2, -0.15) is 0 Å². The Bertz CT molecular complexity index is 1250. The molecule has 0 spiro atoms. The van der Waals surface area contributed by atoms with Crippen molar-refractivity contribution in [2.24, 2.45) is 0 Å². The quantitative estimate of drug-likeness (QED) is 0.323. The molecule has 1 N–H and O–H groups in total. The van der Waals surface area contributed by atoms with Gasteiger partial charge in [0.05, 0.1) is 23.0 Å². The third kappa shape index (κ3) is 5.61. The zero-order valence-corrected chi connectivity index (χ0v) is 19.8. The fourth-order valence-corrected chi connectivity index (χ4v) is 4.60. The van der Waals surface area contributed by atoms with Crippen LogP contribution in [0.5, 0.6) is 0 Å². The van der Waals surface area contributed by atoms with Crippen LogP contribution in [-0.2, 0) is 11.3 Å². The van der Waals surface area contributed by atoms with Crippen molar-refractivity contribution in [2.75, 3.05) is 11.1 Å². The number of anilines is 1. The van der Waals surface area contributed by atoms with Crippen LogP contribution in [0.25, 0.3) is 11.4 Å². The summed E-state index contributed by atoms with van der Waals surface area (Å²) in [6.45, 7) is 4.39. The van der Waals surface area contributed by atoms with Crippen LogP contribution >= 0.6 is 23.4 Å². The summed E-state index contributed by atoms with van der Waals surface area (Å²) in [6, 6.07) is 19.8. The van der Waals surface area contributed by atoms with E-state index in [4.69, 9.17) is 11.6 Å². The zero-order valence-electron chi connectivity index (χ0n) is 18.2. The number of nitrogens with zero attached hydrogens (tertiary/aromatic N) is 3. The maximum atomic E-state index is 13.4. The number of aryl methyl sites for hydroxylation is 2. The molecule has 0 unspecified atom stereocenters. The van der Waals surface area contributed by atoms with Crippen molar-refractivity contribution < 1.29 is 9.18 Å². The molecular weight excluding hydrogens is 459 g/mol. The number of nitrogens with one attached hydrogen (secondary N) is 1. The predicted molar refractivity (Wildman–Crippen MR) is 131 cm³/mol. The van der Waals surface area contributed by atoms with Crippen LogP contribution in [0, 0.1) is 19.7 Å². The summed E-state index contributed by atoms with van der Waals surface area (Å²) < 4.78 is 15.4. The molecule has 8 heteroatoms. The number of benzene rings is 3. The monoisotopic (exact) mass is 480 g/mol. The lowest BCUT2D eigenvalue weighted by molar-refractivity contribution is -0.113. The second-order valence-corrected chi connectivity index (χ2v) is 9.01. The van der Waals surface area contributed by atoms with Gasteiger partial charge in [-0.15, -0.1) is 10.2 Å². The number of thioether (sulfide) groups is 1. The van der Waals surface area contributed by atoms with E-state index in [9.17, 15) is 9.18 Å². The number of aromatic nitrogens is 3. The van der Waals surface area contributed by atoms with E-state index < -0.39 is 0 Å². The first kappa shape index (κ1) is 23.0. The Kier molecular flexibility index (Phi) is 7.11. The second-order valence-electron chi connectivity index (χ2n) is 7.66.